The molecule has 1 amide bonds. The van der Waals surface area contributed by atoms with Gasteiger partial charge in [-0.25, -0.2) is 0 Å². The second-order valence-electron chi connectivity index (χ2n) is 8.82. The molecule has 1 saturated carbocycles. The van der Waals surface area contributed by atoms with E-state index in [9.17, 15) is 9.59 Å². The summed E-state index contributed by atoms with van der Waals surface area (Å²) < 4.78 is 6.34. The summed E-state index contributed by atoms with van der Waals surface area (Å²) in [5.41, 5.74) is 3.44. The number of nitrogens with zero attached hydrogens (tertiary/aromatic N) is 1. The van der Waals surface area contributed by atoms with Crippen LogP contribution in [-0.2, 0) is 28.0 Å². The molecule has 2 aliphatic carbocycles. The van der Waals surface area contributed by atoms with E-state index >= 15 is 0 Å². The lowest BCUT2D eigenvalue weighted by Crippen LogP contribution is -2.62. The van der Waals surface area contributed by atoms with Crippen molar-refractivity contribution < 1.29 is 14.3 Å². The normalized spacial score (nSPS) is 27.8. The van der Waals surface area contributed by atoms with Crippen molar-refractivity contribution in [2.45, 2.75) is 57.1 Å². The van der Waals surface area contributed by atoms with Crippen molar-refractivity contribution >= 4 is 11.7 Å². The Labute approximate surface area is 171 Å². The first-order valence-corrected chi connectivity index (χ1v) is 10.7. The van der Waals surface area contributed by atoms with Crippen molar-refractivity contribution in [3.05, 3.63) is 65.2 Å². The smallest absolute Gasteiger partial charge is 0.219 e. The highest BCUT2D eigenvalue weighted by atomic mass is 16.5. The molecule has 3 atom stereocenters. The van der Waals surface area contributed by atoms with E-state index in [0.29, 0.717) is 31.1 Å². The number of fused-ring (bicyclic) bond motifs is 1. The molecule has 0 radical (unpaired) electrons. The lowest BCUT2D eigenvalue weighted by molar-refractivity contribution is -0.140. The average molecular weight is 389 g/mol. The second kappa shape index (κ2) is 7.01. The van der Waals surface area contributed by atoms with E-state index in [2.05, 4.69) is 35.2 Å². The monoisotopic (exact) mass is 389 g/mol. The number of piperidine rings is 1. The van der Waals surface area contributed by atoms with Gasteiger partial charge in [0, 0.05) is 43.3 Å². The number of carbonyl (C=O) groups is 2. The van der Waals surface area contributed by atoms with Gasteiger partial charge in [-0.1, -0.05) is 42.5 Å². The lowest BCUT2D eigenvalue weighted by atomic mass is 9.52. The Morgan fingerprint density at radius 2 is 2.00 bits per heavy atom. The molecule has 150 valence electrons. The molecule has 3 aliphatic rings. The highest BCUT2D eigenvalue weighted by Gasteiger charge is 2.57. The maximum absolute atomic E-state index is 12.6. The van der Waals surface area contributed by atoms with E-state index in [-0.39, 0.29) is 17.4 Å². The van der Waals surface area contributed by atoms with Crippen LogP contribution in [0.4, 0.5) is 0 Å². The Kier molecular flexibility index (Phi) is 4.45. The number of hydrogen-bond donors (Lipinski definition) is 0. The minimum Gasteiger partial charge on any atom is -0.489 e. The van der Waals surface area contributed by atoms with Crippen LogP contribution in [0.3, 0.4) is 0 Å². The van der Waals surface area contributed by atoms with E-state index in [0.717, 1.165) is 37.1 Å². The summed E-state index contributed by atoms with van der Waals surface area (Å²) in [6.45, 7) is 2.93. The summed E-state index contributed by atoms with van der Waals surface area (Å²) in [5, 5.41) is 0. The maximum atomic E-state index is 12.6. The largest absolute Gasteiger partial charge is 0.489 e. The van der Waals surface area contributed by atoms with Crippen LogP contribution in [0.5, 0.6) is 5.75 Å². The van der Waals surface area contributed by atoms with Crippen LogP contribution in [0, 0.1) is 5.92 Å². The van der Waals surface area contributed by atoms with Crippen molar-refractivity contribution in [1.29, 1.82) is 0 Å². The fraction of sp³-hybridized carbons (Fsp3) is 0.440. The van der Waals surface area contributed by atoms with Gasteiger partial charge in [0.1, 0.15) is 18.1 Å². The number of Topliss-reactive ketones (excluding diaryl/α,β-unsaturated/α-hetero) is 1. The molecule has 1 saturated heterocycles. The molecule has 4 heteroatoms. The Morgan fingerprint density at radius 1 is 1.17 bits per heavy atom. The SMILES string of the molecule is CC(=O)N1CC[C@]23CC(=O)CC[C@H]2[C@H]1Cc1cccc(OCc2ccccc2)c13. The van der Waals surface area contributed by atoms with Gasteiger partial charge >= 0.3 is 0 Å². The van der Waals surface area contributed by atoms with E-state index in [1.807, 2.05) is 18.2 Å². The molecule has 0 spiro atoms. The molecule has 5 rings (SSSR count). The number of amides is 1. The summed E-state index contributed by atoms with van der Waals surface area (Å²) >= 11 is 0. The molecular weight excluding hydrogens is 362 g/mol. The van der Waals surface area contributed by atoms with Gasteiger partial charge in [-0.2, -0.15) is 0 Å². The number of benzene rings is 2. The number of rotatable bonds is 3. The van der Waals surface area contributed by atoms with E-state index < -0.39 is 0 Å². The second-order valence-corrected chi connectivity index (χ2v) is 8.82. The lowest BCUT2D eigenvalue weighted by Gasteiger charge is -2.58. The third-order valence-corrected chi connectivity index (χ3v) is 7.30. The fourth-order valence-corrected chi connectivity index (χ4v) is 6.14. The van der Waals surface area contributed by atoms with Crippen molar-refractivity contribution in [1.82, 2.24) is 4.90 Å². The molecule has 0 N–H and O–H groups in total. The Morgan fingerprint density at radius 3 is 2.79 bits per heavy atom. The molecule has 0 aromatic heterocycles. The Bertz CT molecular complexity index is 954. The summed E-state index contributed by atoms with van der Waals surface area (Å²) in [6, 6.07) is 16.7. The summed E-state index contributed by atoms with van der Waals surface area (Å²) in [5.74, 6) is 1.76. The number of ketones is 1. The molecule has 2 fully saturated rings. The van der Waals surface area contributed by atoms with E-state index in [1.54, 1.807) is 6.92 Å². The molecule has 2 aromatic carbocycles. The first-order valence-electron chi connectivity index (χ1n) is 10.7. The summed E-state index contributed by atoms with van der Waals surface area (Å²) in [6.07, 6.45) is 3.80. The van der Waals surface area contributed by atoms with Crippen LogP contribution in [0.2, 0.25) is 0 Å². The van der Waals surface area contributed by atoms with Crippen molar-refractivity contribution in [3.8, 4) is 5.75 Å². The molecule has 4 nitrogen and oxygen atoms in total. The molecule has 1 aliphatic heterocycles. The van der Waals surface area contributed by atoms with Gasteiger partial charge < -0.3 is 9.64 Å². The van der Waals surface area contributed by atoms with Gasteiger partial charge in [0.25, 0.3) is 0 Å². The van der Waals surface area contributed by atoms with Gasteiger partial charge in [0.2, 0.25) is 5.91 Å². The molecule has 29 heavy (non-hydrogen) atoms. The zero-order valence-corrected chi connectivity index (χ0v) is 16.9. The summed E-state index contributed by atoms with van der Waals surface area (Å²) in [7, 11) is 0. The topological polar surface area (TPSA) is 46.6 Å². The minimum absolute atomic E-state index is 0.153. The number of carbonyl (C=O) groups excluding carboxylic acids is 2. The van der Waals surface area contributed by atoms with Crippen LogP contribution in [0.15, 0.2) is 48.5 Å². The minimum atomic E-state index is -0.188. The first-order chi connectivity index (χ1) is 14.1. The van der Waals surface area contributed by atoms with Crippen LogP contribution in [0.25, 0.3) is 0 Å². The number of ether oxygens (including phenoxy) is 1. The van der Waals surface area contributed by atoms with Crippen LogP contribution < -0.4 is 4.74 Å². The van der Waals surface area contributed by atoms with Gasteiger partial charge in [0.05, 0.1) is 0 Å². The number of hydrogen-bond acceptors (Lipinski definition) is 3. The summed E-state index contributed by atoms with van der Waals surface area (Å²) in [4.78, 5) is 27.0. The highest BCUT2D eigenvalue weighted by Crippen LogP contribution is 2.57. The molecular formula is C25H27NO3. The van der Waals surface area contributed by atoms with Crippen LogP contribution in [0.1, 0.15) is 49.3 Å². The average Bonchev–Trinajstić information content (AvgIpc) is 2.72. The third-order valence-electron chi connectivity index (χ3n) is 7.30. The molecule has 2 bridgehead atoms. The van der Waals surface area contributed by atoms with Gasteiger partial charge in [-0.15, -0.1) is 0 Å². The van der Waals surface area contributed by atoms with Crippen molar-refractivity contribution in [3.63, 3.8) is 0 Å². The zero-order valence-electron chi connectivity index (χ0n) is 16.9. The molecule has 2 aromatic rings. The van der Waals surface area contributed by atoms with Gasteiger partial charge in [-0.3, -0.25) is 9.59 Å². The Hall–Kier alpha value is -2.62. The van der Waals surface area contributed by atoms with Crippen LogP contribution >= 0.6 is 0 Å². The number of likely N-dealkylation sites (tertiary alicyclic amines) is 1. The molecule has 0 unspecified atom stereocenters. The highest BCUT2D eigenvalue weighted by molar-refractivity contribution is 5.82. The predicted molar refractivity (Wildman–Crippen MR) is 111 cm³/mol. The van der Waals surface area contributed by atoms with Crippen LogP contribution in [-0.4, -0.2) is 29.2 Å². The fourth-order valence-electron chi connectivity index (χ4n) is 6.14. The van der Waals surface area contributed by atoms with Crippen molar-refractivity contribution in [2.75, 3.05) is 6.54 Å². The van der Waals surface area contributed by atoms with Gasteiger partial charge in [0.15, 0.2) is 0 Å². The quantitative estimate of drug-likeness (QED) is 0.796. The standard InChI is InChI=1S/C25H27NO3/c1-17(27)26-13-12-25-15-20(28)10-11-21(25)22(26)14-19-8-5-9-23(24(19)25)29-16-18-6-3-2-4-7-18/h2-9,21-22H,10-16H2,1H3/t21-,22+,25-/m0/s1. The van der Waals surface area contributed by atoms with Crippen molar-refractivity contribution in [2.24, 2.45) is 5.92 Å². The first kappa shape index (κ1) is 18.4. The Balaban J connectivity index is 1.57. The predicted octanol–water partition coefficient (Wildman–Crippen LogP) is 4.05. The zero-order chi connectivity index (χ0) is 20.0. The molecule has 1 heterocycles. The van der Waals surface area contributed by atoms with E-state index in [4.69, 9.17) is 4.74 Å². The maximum Gasteiger partial charge on any atom is 0.219 e. The van der Waals surface area contributed by atoms with E-state index in [1.165, 1.54) is 11.1 Å². The third kappa shape index (κ3) is 2.97. The van der Waals surface area contributed by atoms with Gasteiger partial charge in [-0.05, 0) is 42.4 Å².